The van der Waals surface area contributed by atoms with Crippen LogP contribution in [0.5, 0.6) is 0 Å². The average Bonchev–Trinajstić information content (AvgIpc) is 3.08. The number of carbonyl (C=O) groups is 1. The van der Waals surface area contributed by atoms with Crippen molar-refractivity contribution in [2.24, 2.45) is 0 Å². The summed E-state index contributed by atoms with van der Waals surface area (Å²) < 4.78 is 8.68. The number of aromatic nitrogens is 3. The Kier molecular flexibility index (Phi) is 5.41. The molecule has 29 heavy (non-hydrogen) atoms. The van der Waals surface area contributed by atoms with Gasteiger partial charge in [0, 0.05) is 39.0 Å². The fraction of sp³-hybridized carbons (Fsp3) is 0.500. The highest BCUT2D eigenvalue weighted by molar-refractivity contribution is 5.98. The maximum Gasteiger partial charge on any atom is 0.270 e. The van der Waals surface area contributed by atoms with Crippen molar-refractivity contribution in [2.45, 2.75) is 52.1 Å². The number of hydrogen-bond acceptors (Lipinski definition) is 4. The van der Waals surface area contributed by atoms with Crippen molar-refractivity contribution >= 4 is 22.6 Å². The first-order valence-corrected chi connectivity index (χ1v) is 10.3. The van der Waals surface area contributed by atoms with Crippen LogP contribution in [-0.4, -0.2) is 51.1 Å². The van der Waals surface area contributed by atoms with Gasteiger partial charge in [0.1, 0.15) is 17.0 Å². The molecule has 1 aliphatic heterocycles. The molecule has 0 saturated carbocycles. The first-order chi connectivity index (χ1) is 14.0. The molecule has 7 heteroatoms. The quantitative estimate of drug-likeness (QED) is 0.622. The Labute approximate surface area is 169 Å². The monoisotopic (exact) mass is 396 g/mol. The van der Waals surface area contributed by atoms with Gasteiger partial charge in [-0.2, -0.15) is 0 Å². The van der Waals surface area contributed by atoms with Gasteiger partial charge in [-0.05, 0) is 57.2 Å². The van der Waals surface area contributed by atoms with Crippen molar-refractivity contribution in [1.82, 2.24) is 18.9 Å². The van der Waals surface area contributed by atoms with E-state index in [-0.39, 0.29) is 17.5 Å². The minimum atomic E-state index is -0.139. The van der Waals surface area contributed by atoms with Crippen LogP contribution in [0, 0.1) is 6.92 Å². The summed E-state index contributed by atoms with van der Waals surface area (Å²) in [5.74, 6) is -0.0159. The highest BCUT2D eigenvalue weighted by Crippen LogP contribution is 2.23. The number of nitrogens with zero attached hydrogens (tertiary/aromatic N) is 4. The summed E-state index contributed by atoms with van der Waals surface area (Å²) in [6, 6.07) is 5.72. The summed E-state index contributed by atoms with van der Waals surface area (Å²) in [6.45, 7) is 5.95. The Balaban J connectivity index is 1.90. The minimum absolute atomic E-state index is 0.0159. The maximum absolute atomic E-state index is 13.4. The van der Waals surface area contributed by atoms with E-state index in [1.807, 2.05) is 28.5 Å². The normalized spacial score (nSPS) is 17.3. The van der Waals surface area contributed by atoms with Gasteiger partial charge in [-0.15, -0.1) is 0 Å². The second kappa shape index (κ2) is 7.99. The Hall–Kier alpha value is -2.67. The molecule has 1 aliphatic rings. The molecular weight excluding hydrogens is 368 g/mol. The third-order valence-corrected chi connectivity index (χ3v) is 5.90. The van der Waals surface area contributed by atoms with Gasteiger partial charge in [0.05, 0.1) is 5.39 Å². The Morgan fingerprint density at radius 3 is 2.90 bits per heavy atom. The van der Waals surface area contributed by atoms with Crippen LogP contribution in [0.25, 0.3) is 16.7 Å². The highest BCUT2D eigenvalue weighted by atomic mass is 16.5. The molecule has 1 saturated heterocycles. The predicted molar refractivity (Wildman–Crippen MR) is 113 cm³/mol. The zero-order valence-corrected chi connectivity index (χ0v) is 17.4. The number of hydrogen-bond donors (Lipinski definition) is 0. The molecule has 4 heterocycles. The molecule has 0 radical (unpaired) electrons. The summed E-state index contributed by atoms with van der Waals surface area (Å²) in [5, 5.41) is 0.485. The second-order valence-electron chi connectivity index (χ2n) is 7.91. The molecule has 1 atom stereocenters. The van der Waals surface area contributed by atoms with Gasteiger partial charge in [0.25, 0.3) is 11.5 Å². The number of pyridine rings is 1. The van der Waals surface area contributed by atoms with E-state index in [0.717, 1.165) is 37.8 Å². The van der Waals surface area contributed by atoms with E-state index >= 15 is 0 Å². The molecule has 3 aromatic heterocycles. The van der Waals surface area contributed by atoms with Crippen LogP contribution in [0.15, 0.2) is 29.2 Å². The number of amides is 1. The molecule has 7 nitrogen and oxygen atoms in total. The number of likely N-dealkylation sites (tertiary alicyclic amines) is 1. The van der Waals surface area contributed by atoms with Crippen LogP contribution < -0.4 is 5.56 Å². The van der Waals surface area contributed by atoms with E-state index < -0.39 is 0 Å². The Morgan fingerprint density at radius 2 is 2.14 bits per heavy atom. The molecule has 0 aromatic carbocycles. The number of ether oxygens (including phenoxy) is 1. The van der Waals surface area contributed by atoms with Crippen molar-refractivity contribution in [1.29, 1.82) is 0 Å². The molecular formula is C22H28N4O3. The SMILES string of the molecule is COCCCn1c(C(=O)N2CCCCC2C)cc2c(=O)n3cccc(C)c3nc21. The molecule has 0 aliphatic carbocycles. The number of aryl methyl sites for hydroxylation is 2. The van der Waals surface area contributed by atoms with Gasteiger partial charge >= 0.3 is 0 Å². The van der Waals surface area contributed by atoms with Crippen molar-refractivity contribution in [3.8, 4) is 0 Å². The van der Waals surface area contributed by atoms with E-state index in [2.05, 4.69) is 6.92 Å². The van der Waals surface area contributed by atoms with E-state index in [1.165, 1.54) is 0 Å². The van der Waals surface area contributed by atoms with Crippen LogP contribution in [0.2, 0.25) is 0 Å². The molecule has 0 spiro atoms. The number of carbonyl (C=O) groups excluding carboxylic acids is 1. The van der Waals surface area contributed by atoms with Gasteiger partial charge in [-0.1, -0.05) is 6.07 Å². The minimum Gasteiger partial charge on any atom is -0.385 e. The van der Waals surface area contributed by atoms with Gasteiger partial charge in [0.15, 0.2) is 0 Å². The van der Waals surface area contributed by atoms with Gasteiger partial charge in [-0.25, -0.2) is 4.98 Å². The number of fused-ring (bicyclic) bond motifs is 2. The summed E-state index contributed by atoms with van der Waals surface area (Å²) >= 11 is 0. The lowest BCUT2D eigenvalue weighted by Crippen LogP contribution is -2.42. The second-order valence-corrected chi connectivity index (χ2v) is 7.91. The summed E-state index contributed by atoms with van der Waals surface area (Å²) in [5.41, 5.74) is 2.53. The zero-order valence-electron chi connectivity index (χ0n) is 17.4. The molecule has 0 bridgehead atoms. The van der Waals surface area contributed by atoms with Gasteiger partial charge < -0.3 is 14.2 Å². The third kappa shape index (κ3) is 3.44. The van der Waals surface area contributed by atoms with Crippen LogP contribution in [-0.2, 0) is 11.3 Å². The van der Waals surface area contributed by atoms with E-state index in [0.29, 0.717) is 35.5 Å². The number of methoxy groups -OCH3 is 1. The van der Waals surface area contributed by atoms with E-state index in [9.17, 15) is 9.59 Å². The lowest BCUT2D eigenvalue weighted by atomic mass is 10.0. The molecule has 0 N–H and O–H groups in total. The molecule has 154 valence electrons. The van der Waals surface area contributed by atoms with Crippen LogP contribution >= 0.6 is 0 Å². The summed E-state index contributed by atoms with van der Waals surface area (Å²) in [7, 11) is 1.66. The van der Waals surface area contributed by atoms with Crippen molar-refractivity contribution < 1.29 is 9.53 Å². The fourth-order valence-corrected chi connectivity index (χ4v) is 4.28. The van der Waals surface area contributed by atoms with Crippen LogP contribution in [0.4, 0.5) is 0 Å². The highest BCUT2D eigenvalue weighted by Gasteiger charge is 2.28. The third-order valence-electron chi connectivity index (χ3n) is 5.90. The smallest absolute Gasteiger partial charge is 0.270 e. The van der Waals surface area contributed by atoms with Crippen LogP contribution in [0.3, 0.4) is 0 Å². The fourth-order valence-electron chi connectivity index (χ4n) is 4.28. The molecule has 1 amide bonds. The zero-order chi connectivity index (χ0) is 20.5. The molecule has 1 unspecified atom stereocenters. The van der Waals surface area contributed by atoms with Crippen molar-refractivity contribution in [3.05, 3.63) is 46.0 Å². The average molecular weight is 396 g/mol. The molecule has 1 fully saturated rings. The van der Waals surface area contributed by atoms with Crippen LogP contribution in [0.1, 0.15) is 48.7 Å². The molecule has 3 aromatic rings. The van der Waals surface area contributed by atoms with Crippen molar-refractivity contribution in [2.75, 3.05) is 20.3 Å². The molecule has 4 rings (SSSR count). The van der Waals surface area contributed by atoms with E-state index in [1.54, 1.807) is 23.8 Å². The summed E-state index contributed by atoms with van der Waals surface area (Å²) in [4.78, 5) is 33.3. The van der Waals surface area contributed by atoms with E-state index in [4.69, 9.17) is 9.72 Å². The van der Waals surface area contributed by atoms with Gasteiger partial charge in [-0.3, -0.25) is 14.0 Å². The topological polar surface area (TPSA) is 68.8 Å². The lowest BCUT2D eigenvalue weighted by molar-refractivity contribution is 0.0624. The number of piperidine rings is 1. The van der Waals surface area contributed by atoms with Crippen molar-refractivity contribution in [3.63, 3.8) is 0 Å². The Morgan fingerprint density at radius 1 is 1.31 bits per heavy atom. The standard InChI is InChI=1S/C22H28N4O3/c1-15-8-6-11-26-19(15)23-20-17(21(26)27)14-18(25(20)12-7-13-29-3)22(28)24-10-5-4-9-16(24)2/h6,8,11,14,16H,4-5,7,9-10,12-13H2,1-3H3. The lowest BCUT2D eigenvalue weighted by Gasteiger charge is -2.33. The Bertz CT molecular complexity index is 1110. The summed E-state index contributed by atoms with van der Waals surface area (Å²) in [6.07, 6.45) is 5.65. The largest absolute Gasteiger partial charge is 0.385 e. The van der Waals surface area contributed by atoms with Gasteiger partial charge in [0.2, 0.25) is 0 Å². The first kappa shape index (κ1) is 19.6. The maximum atomic E-state index is 13.4. The first-order valence-electron chi connectivity index (χ1n) is 10.3. The predicted octanol–water partition coefficient (Wildman–Crippen LogP) is 3.01. The number of rotatable bonds is 5.